The summed E-state index contributed by atoms with van der Waals surface area (Å²) >= 11 is 0. The minimum Gasteiger partial charge on any atom is -0.450 e. The third-order valence-corrected chi connectivity index (χ3v) is 1.22. The molecule has 0 aliphatic carbocycles. The normalized spacial score (nSPS) is 8.38. The largest absolute Gasteiger partial charge is 0.503 e. The zero-order chi connectivity index (χ0) is 10.1. The quantitative estimate of drug-likeness (QED) is 0.651. The van der Waals surface area contributed by atoms with Crippen LogP contribution in [0.25, 0.3) is 0 Å². The van der Waals surface area contributed by atoms with Crippen molar-refractivity contribution in [1.29, 1.82) is 0 Å². The molecule has 0 aliphatic rings. The molecule has 3 N–H and O–H groups in total. The van der Waals surface area contributed by atoms with Gasteiger partial charge < -0.3 is 15.5 Å². The molecule has 0 aromatic heterocycles. The molecule has 1 aromatic carbocycles. The van der Waals surface area contributed by atoms with Crippen molar-refractivity contribution in [2.24, 2.45) is 0 Å². The van der Waals surface area contributed by atoms with Crippen LogP contribution in [0, 0.1) is 0 Å². The Morgan fingerprint density at radius 2 is 1.77 bits per heavy atom. The Morgan fingerprint density at radius 3 is 2.15 bits per heavy atom. The van der Waals surface area contributed by atoms with Crippen LogP contribution >= 0.6 is 0 Å². The summed E-state index contributed by atoms with van der Waals surface area (Å²) in [5.41, 5.74) is 1.33. The van der Waals surface area contributed by atoms with E-state index in [0.29, 0.717) is 0 Å². The topological polar surface area (TPSA) is 69.6 Å². The summed E-state index contributed by atoms with van der Waals surface area (Å²) < 4.78 is 0. The van der Waals surface area contributed by atoms with Crippen molar-refractivity contribution in [2.45, 2.75) is 6.54 Å². The number of rotatable bonds is 2. The Bertz CT molecular complexity index is 232. The molecular weight excluding hydrogens is 170 g/mol. The van der Waals surface area contributed by atoms with Gasteiger partial charge in [0.15, 0.2) is 0 Å². The standard InChI is InChI=1S/C8H11N.CH2O3/c1-9-7-8-5-3-2-4-6-8;2-1(3)4/h2-6,9H,7H2,1H3;(H2,2,3,4). The lowest BCUT2D eigenvalue weighted by Crippen LogP contribution is -2.04. The second-order valence-electron chi connectivity index (χ2n) is 2.30. The second-order valence-corrected chi connectivity index (χ2v) is 2.30. The van der Waals surface area contributed by atoms with Gasteiger partial charge in [0, 0.05) is 6.54 Å². The number of hydrogen-bond donors (Lipinski definition) is 3. The van der Waals surface area contributed by atoms with Crippen LogP contribution in [0.5, 0.6) is 0 Å². The van der Waals surface area contributed by atoms with Gasteiger partial charge in [-0.3, -0.25) is 0 Å². The number of hydrogen-bond acceptors (Lipinski definition) is 2. The SMILES string of the molecule is CNCc1ccccc1.O=C(O)O. The van der Waals surface area contributed by atoms with E-state index in [0.717, 1.165) is 6.54 Å². The fraction of sp³-hybridized carbons (Fsp3) is 0.222. The summed E-state index contributed by atoms with van der Waals surface area (Å²) in [5.74, 6) is 0. The lowest BCUT2D eigenvalue weighted by Gasteiger charge is -1.95. The van der Waals surface area contributed by atoms with Crippen LogP contribution in [-0.2, 0) is 6.54 Å². The average Bonchev–Trinajstić information content (AvgIpc) is 2.06. The molecular formula is C9H13NO3. The molecule has 4 heteroatoms. The number of carbonyl (C=O) groups is 1. The molecule has 1 rings (SSSR count). The van der Waals surface area contributed by atoms with Gasteiger partial charge in [0.2, 0.25) is 0 Å². The van der Waals surface area contributed by atoms with Crippen molar-refractivity contribution in [3.05, 3.63) is 35.9 Å². The summed E-state index contributed by atoms with van der Waals surface area (Å²) in [4.78, 5) is 8.56. The van der Waals surface area contributed by atoms with Crippen molar-refractivity contribution in [2.75, 3.05) is 7.05 Å². The molecule has 0 saturated heterocycles. The predicted octanol–water partition coefficient (Wildman–Crippen LogP) is 1.63. The van der Waals surface area contributed by atoms with Gasteiger partial charge in [0.25, 0.3) is 0 Å². The van der Waals surface area contributed by atoms with E-state index in [1.807, 2.05) is 25.2 Å². The molecule has 0 amide bonds. The lowest BCUT2D eigenvalue weighted by atomic mass is 10.2. The summed E-state index contributed by atoms with van der Waals surface area (Å²) in [7, 11) is 1.95. The number of carboxylic acid groups (broad SMARTS) is 2. The van der Waals surface area contributed by atoms with Gasteiger partial charge in [-0.05, 0) is 12.6 Å². The summed E-state index contributed by atoms with van der Waals surface area (Å²) in [6.45, 7) is 0.959. The van der Waals surface area contributed by atoms with Gasteiger partial charge >= 0.3 is 6.16 Å². The molecule has 72 valence electrons. The van der Waals surface area contributed by atoms with Crippen LogP contribution in [0.15, 0.2) is 30.3 Å². The smallest absolute Gasteiger partial charge is 0.450 e. The molecule has 0 aliphatic heterocycles. The fourth-order valence-corrected chi connectivity index (χ4v) is 0.800. The molecule has 13 heavy (non-hydrogen) atoms. The molecule has 0 heterocycles. The third-order valence-electron chi connectivity index (χ3n) is 1.22. The van der Waals surface area contributed by atoms with Crippen molar-refractivity contribution >= 4 is 6.16 Å². The molecule has 0 atom stereocenters. The first-order valence-electron chi connectivity index (χ1n) is 3.77. The highest BCUT2D eigenvalue weighted by Gasteiger charge is 1.83. The first-order valence-corrected chi connectivity index (χ1v) is 3.77. The maximum Gasteiger partial charge on any atom is 0.503 e. The summed E-state index contributed by atoms with van der Waals surface area (Å²) in [6, 6.07) is 10.3. The zero-order valence-corrected chi connectivity index (χ0v) is 7.40. The molecule has 0 fully saturated rings. The maximum absolute atomic E-state index is 8.56. The van der Waals surface area contributed by atoms with E-state index in [4.69, 9.17) is 15.0 Å². The zero-order valence-electron chi connectivity index (χ0n) is 7.40. The molecule has 4 nitrogen and oxygen atoms in total. The van der Waals surface area contributed by atoms with Crippen molar-refractivity contribution in [3.8, 4) is 0 Å². The molecule has 0 unspecified atom stereocenters. The van der Waals surface area contributed by atoms with Crippen LogP contribution in [-0.4, -0.2) is 23.4 Å². The van der Waals surface area contributed by atoms with Gasteiger partial charge in [-0.2, -0.15) is 0 Å². The average molecular weight is 183 g/mol. The van der Waals surface area contributed by atoms with Gasteiger partial charge in [-0.25, -0.2) is 4.79 Å². The fourth-order valence-electron chi connectivity index (χ4n) is 0.800. The lowest BCUT2D eigenvalue weighted by molar-refractivity contribution is 0.137. The Hall–Kier alpha value is -1.55. The molecule has 0 saturated carbocycles. The predicted molar refractivity (Wildman–Crippen MR) is 49.9 cm³/mol. The maximum atomic E-state index is 8.56. The highest BCUT2D eigenvalue weighted by Crippen LogP contribution is 1.95. The van der Waals surface area contributed by atoms with E-state index >= 15 is 0 Å². The van der Waals surface area contributed by atoms with Crippen molar-refractivity contribution < 1.29 is 15.0 Å². The van der Waals surface area contributed by atoms with E-state index < -0.39 is 6.16 Å². The van der Waals surface area contributed by atoms with Gasteiger partial charge in [-0.15, -0.1) is 0 Å². The Kier molecular flexibility index (Phi) is 6.27. The molecule has 1 aromatic rings. The van der Waals surface area contributed by atoms with Gasteiger partial charge in [0.1, 0.15) is 0 Å². The Morgan fingerprint density at radius 1 is 1.31 bits per heavy atom. The third kappa shape index (κ3) is 8.36. The summed E-state index contributed by atoms with van der Waals surface area (Å²) in [6.07, 6.45) is -1.83. The van der Waals surface area contributed by atoms with Crippen LogP contribution < -0.4 is 5.32 Å². The van der Waals surface area contributed by atoms with E-state index in [1.54, 1.807) is 0 Å². The summed E-state index contributed by atoms with van der Waals surface area (Å²) in [5, 5.41) is 17.0. The highest BCUT2D eigenvalue weighted by molar-refractivity contribution is 5.53. The minimum absolute atomic E-state index is 0.959. The van der Waals surface area contributed by atoms with E-state index in [1.165, 1.54) is 5.56 Å². The van der Waals surface area contributed by atoms with Crippen molar-refractivity contribution in [3.63, 3.8) is 0 Å². The first-order chi connectivity index (χ1) is 6.16. The van der Waals surface area contributed by atoms with Crippen LogP contribution in [0.1, 0.15) is 5.56 Å². The monoisotopic (exact) mass is 183 g/mol. The van der Waals surface area contributed by atoms with E-state index in [9.17, 15) is 0 Å². The number of nitrogens with one attached hydrogen (secondary N) is 1. The first kappa shape index (κ1) is 11.4. The Balaban J connectivity index is 0.000000310. The van der Waals surface area contributed by atoms with Crippen LogP contribution in [0.3, 0.4) is 0 Å². The van der Waals surface area contributed by atoms with Crippen LogP contribution in [0.4, 0.5) is 4.79 Å². The number of benzene rings is 1. The molecule has 0 radical (unpaired) electrons. The van der Waals surface area contributed by atoms with Gasteiger partial charge in [0.05, 0.1) is 0 Å². The second kappa shape index (κ2) is 7.12. The molecule has 0 bridgehead atoms. The highest BCUT2D eigenvalue weighted by atomic mass is 16.6. The van der Waals surface area contributed by atoms with Crippen molar-refractivity contribution in [1.82, 2.24) is 5.32 Å². The van der Waals surface area contributed by atoms with Gasteiger partial charge in [-0.1, -0.05) is 30.3 Å². The minimum atomic E-state index is -1.83. The van der Waals surface area contributed by atoms with E-state index in [2.05, 4.69) is 17.4 Å². The Labute approximate surface area is 76.8 Å². The molecule has 0 spiro atoms. The van der Waals surface area contributed by atoms with Crippen LogP contribution in [0.2, 0.25) is 0 Å². The van der Waals surface area contributed by atoms with E-state index in [-0.39, 0.29) is 0 Å².